The number of halogens is 6. The summed E-state index contributed by atoms with van der Waals surface area (Å²) < 4.78 is 63.6. The molecule has 0 radical (unpaired) electrons. The van der Waals surface area contributed by atoms with Crippen molar-refractivity contribution in [1.29, 1.82) is 0 Å². The lowest BCUT2D eigenvalue weighted by molar-refractivity contribution is -0.137. The summed E-state index contributed by atoms with van der Waals surface area (Å²) in [4.78, 5) is 0. The first-order valence-electron chi connectivity index (χ1n) is 5.82. The van der Waals surface area contributed by atoms with Crippen molar-refractivity contribution in [1.82, 2.24) is 0 Å². The zero-order chi connectivity index (χ0) is 15.6. The van der Waals surface area contributed by atoms with Crippen LogP contribution in [0.2, 0.25) is 5.02 Å². The number of alkyl halides is 3. The SMILES string of the molecule is Fc1ccc(CNc2cc(C(F)(F)F)ccc2Cl)cc1F. The van der Waals surface area contributed by atoms with Gasteiger partial charge in [-0.3, -0.25) is 0 Å². The molecular weight excluding hydrogens is 313 g/mol. The molecule has 0 aliphatic carbocycles. The normalized spacial score (nSPS) is 11.5. The van der Waals surface area contributed by atoms with Crippen LogP contribution in [0.25, 0.3) is 0 Å². The van der Waals surface area contributed by atoms with E-state index in [0.29, 0.717) is 5.56 Å². The van der Waals surface area contributed by atoms with E-state index < -0.39 is 23.4 Å². The predicted octanol–water partition coefficient (Wildman–Crippen LogP) is 5.25. The second-order valence-corrected chi connectivity index (χ2v) is 4.70. The van der Waals surface area contributed by atoms with Crippen LogP contribution in [0.3, 0.4) is 0 Å². The summed E-state index contributed by atoms with van der Waals surface area (Å²) in [5.74, 6) is -2.01. The summed E-state index contributed by atoms with van der Waals surface area (Å²) in [7, 11) is 0. The fourth-order valence-electron chi connectivity index (χ4n) is 1.68. The maximum Gasteiger partial charge on any atom is 0.416 e. The Labute approximate surface area is 122 Å². The monoisotopic (exact) mass is 321 g/mol. The van der Waals surface area contributed by atoms with E-state index in [9.17, 15) is 22.0 Å². The van der Waals surface area contributed by atoms with Crippen molar-refractivity contribution in [3.05, 3.63) is 64.2 Å². The molecule has 0 saturated heterocycles. The molecule has 0 heterocycles. The first-order valence-corrected chi connectivity index (χ1v) is 6.20. The molecule has 0 fully saturated rings. The van der Waals surface area contributed by atoms with Crippen LogP contribution < -0.4 is 5.32 Å². The quantitative estimate of drug-likeness (QED) is 0.761. The van der Waals surface area contributed by atoms with Crippen molar-refractivity contribution in [2.24, 2.45) is 0 Å². The van der Waals surface area contributed by atoms with Gasteiger partial charge in [-0.1, -0.05) is 17.7 Å². The molecule has 0 spiro atoms. The molecule has 0 atom stereocenters. The van der Waals surface area contributed by atoms with Crippen LogP contribution in [0.15, 0.2) is 36.4 Å². The maximum absolute atomic E-state index is 13.0. The third kappa shape index (κ3) is 3.85. The van der Waals surface area contributed by atoms with Gasteiger partial charge in [0.25, 0.3) is 0 Å². The van der Waals surface area contributed by atoms with E-state index in [1.165, 1.54) is 6.07 Å². The molecule has 0 saturated carbocycles. The van der Waals surface area contributed by atoms with Gasteiger partial charge in [0, 0.05) is 6.54 Å². The van der Waals surface area contributed by atoms with E-state index >= 15 is 0 Å². The Morgan fingerprint density at radius 3 is 2.29 bits per heavy atom. The largest absolute Gasteiger partial charge is 0.416 e. The Hall–Kier alpha value is -1.82. The van der Waals surface area contributed by atoms with Crippen molar-refractivity contribution in [3.63, 3.8) is 0 Å². The van der Waals surface area contributed by atoms with E-state index in [2.05, 4.69) is 5.32 Å². The molecule has 0 unspecified atom stereocenters. The molecule has 112 valence electrons. The fourth-order valence-corrected chi connectivity index (χ4v) is 1.87. The smallest absolute Gasteiger partial charge is 0.380 e. The van der Waals surface area contributed by atoms with Gasteiger partial charge in [0.05, 0.1) is 16.3 Å². The molecule has 0 aliphatic rings. The van der Waals surface area contributed by atoms with E-state index in [1.54, 1.807) is 0 Å². The van der Waals surface area contributed by atoms with Crippen LogP contribution in [0.5, 0.6) is 0 Å². The third-order valence-corrected chi connectivity index (χ3v) is 3.09. The average Bonchev–Trinajstić information content (AvgIpc) is 2.40. The molecule has 2 rings (SSSR count). The Morgan fingerprint density at radius 1 is 0.952 bits per heavy atom. The molecule has 0 aromatic heterocycles. The van der Waals surface area contributed by atoms with Gasteiger partial charge in [0.2, 0.25) is 0 Å². The zero-order valence-corrected chi connectivity index (χ0v) is 11.2. The van der Waals surface area contributed by atoms with Gasteiger partial charge in [0.15, 0.2) is 11.6 Å². The van der Waals surface area contributed by atoms with Crippen LogP contribution in [0, 0.1) is 11.6 Å². The lowest BCUT2D eigenvalue weighted by Gasteiger charge is -2.12. The second kappa shape index (κ2) is 5.89. The van der Waals surface area contributed by atoms with Crippen molar-refractivity contribution < 1.29 is 22.0 Å². The topological polar surface area (TPSA) is 12.0 Å². The van der Waals surface area contributed by atoms with Crippen molar-refractivity contribution in [2.45, 2.75) is 12.7 Å². The predicted molar refractivity (Wildman–Crippen MR) is 70.1 cm³/mol. The molecule has 0 aliphatic heterocycles. The summed E-state index contributed by atoms with van der Waals surface area (Å²) >= 11 is 5.81. The number of hydrogen-bond donors (Lipinski definition) is 1. The summed E-state index contributed by atoms with van der Waals surface area (Å²) in [6.45, 7) is 0.0121. The Balaban J connectivity index is 2.17. The van der Waals surface area contributed by atoms with Crippen LogP contribution >= 0.6 is 11.6 Å². The van der Waals surface area contributed by atoms with Crippen molar-refractivity contribution in [2.75, 3.05) is 5.32 Å². The van der Waals surface area contributed by atoms with E-state index in [4.69, 9.17) is 11.6 Å². The van der Waals surface area contributed by atoms with E-state index in [-0.39, 0.29) is 17.3 Å². The van der Waals surface area contributed by atoms with Crippen LogP contribution in [-0.4, -0.2) is 0 Å². The molecule has 1 nitrogen and oxygen atoms in total. The first-order chi connectivity index (χ1) is 9.77. The van der Waals surface area contributed by atoms with E-state index in [1.807, 2.05) is 0 Å². The van der Waals surface area contributed by atoms with E-state index in [0.717, 1.165) is 30.3 Å². The van der Waals surface area contributed by atoms with Gasteiger partial charge >= 0.3 is 6.18 Å². The minimum atomic E-state index is -4.48. The van der Waals surface area contributed by atoms with Gasteiger partial charge < -0.3 is 5.32 Å². The average molecular weight is 322 g/mol. The molecular formula is C14H9ClF5N. The van der Waals surface area contributed by atoms with Gasteiger partial charge in [-0.2, -0.15) is 13.2 Å². The molecule has 2 aromatic carbocycles. The Bertz CT molecular complexity index is 654. The number of nitrogens with one attached hydrogen (secondary N) is 1. The maximum atomic E-state index is 13.0. The molecule has 7 heteroatoms. The van der Waals surface area contributed by atoms with Crippen molar-refractivity contribution >= 4 is 17.3 Å². The van der Waals surface area contributed by atoms with Crippen LogP contribution in [0.4, 0.5) is 27.6 Å². The second-order valence-electron chi connectivity index (χ2n) is 4.29. The molecule has 0 amide bonds. The summed E-state index contributed by atoms with van der Waals surface area (Å²) in [5, 5.41) is 2.77. The Morgan fingerprint density at radius 2 is 1.67 bits per heavy atom. The Kier molecular flexibility index (Phi) is 4.37. The highest BCUT2D eigenvalue weighted by Gasteiger charge is 2.30. The van der Waals surface area contributed by atoms with Gasteiger partial charge in [-0.05, 0) is 35.9 Å². The van der Waals surface area contributed by atoms with Crippen LogP contribution in [0.1, 0.15) is 11.1 Å². The minimum absolute atomic E-state index is 0.0121. The standard InChI is InChI=1S/C14H9ClF5N/c15-10-3-2-9(14(18,19)20)6-13(10)21-7-8-1-4-11(16)12(17)5-8/h1-6,21H,7H2. The first kappa shape index (κ1) is 15.6. The minimum Gasteiger partial charge on any atom is -0.380 e. The number of anilines is 1. The number of rotatable bonds is 3. The van der Waals surface area contributed by atoms with Gasteiger partial charge in [0.1, 0.15) is 0 Å². The van der Waals surface area contributed by atoms with Gasteiger partial charge in [-0.25, -0.2) is 8.78 Å². The summed E-state index contributed by atoms with van der Waals surface area (Å²) in [5.41, 5.74) is -0.404. The number of hydrogen-bond acceptors (Lipinski definition) is 1. The summed E-state index contributed by atoms with van der Waals surface area (Å²) in [6.07, 6.45) is -4.48. The summed E-state index contributed by atoms with van der Waals surface area (Å²) in [6, 6.07) is 6.09. The van der Waals surface area contributed by atoms with Crippen LogP contribution in [-0.2, 0) is 12.7 Å². The lowest BCUT2D eigenvalue weighted by Crippen LogP contribution is -2.07. The van der Waals surface area contributed by atoms with Gasteiger partial charge in [-0.15, -0.1) is 0 Å². The highest BCUT2D eigenvalue weighted by atomic mass is 35.5. The highest BCUT2D eigenvalue weighted by molar-refractivity contribution is 6.33. The fraction of sp³-hybridized carbons (Fsp3) is 0.143. The highest BCUT2D eigenvalue weighted by Crippen LogP contribution is 2.33. The lowest BCUT2D eigenvalue weighted by atomic mass is 10.1. The van der Waals surface area contributed by atoms with Crippen molar-refractivity contribution in [3.8, 4) is 0 Å². The number of benzene rings is 2. The molecule has 2 aromatic rings. The zero-order valence-electron chi connectivity index (χ0n) is 10.4. The molecule has 21 heavy (non-hydrogen) atoms. The molecule has 1 N–H and O–H groups in total. The third-order valence-electron chi connectivity index (χ3n) is 2.76. The molecule has 0 bridgehead atoms.